The van der Waals surface area contributed by atoms with E-state index >= 15 is 0 Å². The minimum absolute atomic E-state index is 0.473. The second-order valence-corrected chi connectivity index (χ2v) is 5.11. The maximum atomic E-state index is 12.5. The zero-order chi connectivity index (χ0) is 15.1. The fourth-order valence-electron chi connectivity index (χ4n) is 2.79. The van der Waals surface area contributed by atoms with E-state index in [9.17, 15) is 14.4 Å². The Hall–Kier alpha value is -2.37. The molecule has 0 saturated heterocycles. The molecule has 0 aromatic heterocycles. The van der Waals surface area contributed by atoms with E-state index < -0.39 is 36.1 Å². The number of anilines is 1. The summed E-state index contributed by atoms with van der Waals surface area (Å²) in [7, 11) is 1.53. The van der Waals surface area contributed by atoms with Crippen LogP contribution in [0.1, 0.15) is 24.0 Å². The summed E-state index contributed by atoms with van der Waals surface area (Å²) in [5.41, 5.74) is 0.456. The zero-order valence-electron chi connectivity index (χ0n) is 11.2. The van der Waals surface area contributed by atoms with Crippen molar-refractivity contribution in [2.24, 2.45) is 0 Å². The Bertz CT molecular complexity index is 592. The van der Waals surface area contributed by atoms with E-state index in [1.807, 2.05) is 6.92 Å². The summed E-state index contributed by atoms with van der Waals surface area (Å²) in [6.07, 6.45) is -1.06. The number of rotatable bonds is 4. The Morgan fingerprint density at radius 2 is 1.75 bits per heavy atom. The van der Waals surface area contributed by atoms with Crippen molar-refractivity contribution in [3.63, 3.8) is 0 Å². The van der Waals surface area contributed by atoms with Crippen LogP contribution in [-0.2, 0) is 19.8 Å². The molecular weight excluding hydrogens is 262 g/mol. The lowest BCUT2D eigenvalue weighted by molar-refractivity contribution is -0.145. The summed E-state index contributed by atoms with van der Waals surface area (Å²) in [6, 6.07) is 5.17. The second-order valence-electron chi connectivity index (χ2n) is 5.11. The molecule has 20 heavy (non-hydrogen) atoms. The summed E-state index contributed by atoms with van der Waals surface area (Å²) in [5.74, 6) is -2.87. The van der Waals surface area contributed by atoms with Crippen molar-refractivity contribution in [3.05, 3.63) is 29.3 Å². The predicted octanol–water partition coefficient (Wildman–Crippen LogP) is 1.16. The van der Waals surface area contributed by atoms with E-state index in [0.717, 1.165) is 5.56 Å². The zero-order valence-corrected chi connectivity index (χ0v) is 11.2. The van der Waals surface area contributed by atoms with Crippen LogP contribution in [0.4, 0.5) is 5.69 Å². The van der Waals surface area contributed by atoms with Gasteiger partial charge < -0.3 is 15.1 Å². The first-order valence-corrected chi connectivity index (χ1v) is 6.11. The molecule has 0 saturated carbocycles. The molecular formula is C14H15NO5. The molecule has 6 heteroatoms. The fourth-order valence-corrected chi connectivity index (χ4v) is 2.79. The first-order chi connectivity index (χ1) is 9.28. The molecule has 1 aromatic rings. The molecule has 0 fully saturated rings. The van der Waals surface area contributed by atoms with Crippen LogP contribution in [-0.4, -0.2) is 35.1 Å². The first-order valence-electron chi connectivity index (χ1n) is 6.11. The smallest absolute Gasteiger partial charge is 0.304 e. The van der Waals surface area contributed by atoms with E-state index in [2.05, 4.69) is 0 Å². The van der Waals surface area contributed by atoms with E-state index in [1.54, 1.807) is 18.2 Å². The molecule has 2 N–H and O–H groups in total. The SMILES string of the molecule is Cc1ccc2c(c1)N(C)C(=O)C2(CC(=O)O)CC(=O)O. The standard InChI is InChI=1S/C14H15NO5/c1-8-3-4-9-10(5-8)15(2)13(20)14(9,6-11(16)17)7-12(18)19/h3-5H,6-7H2,1-2H3,(H,16,17)(H,18,19). The highest BCUT2D eigenvalue weighted by molar-refractivity contribution is 6.10. The lowest BCUT2D eigenvalue weighted by Gasteiger charge is -2.24. The van der Waals surface area contributed by atoms with Gasteiger partial charge >= 0.3 is 11.9 Å². The largest absolute Gasteiger partial charge is 0.481 e. The van der Waals surface area contributed by atoms with Crippen LogP contribution in [0.15, 0.2) is 18.2 Å². The molecule has 0 bridgehead atoms. The minimum atomic E-state index is -1.52. The van der Waals surface area contributed by atoms with E-state index in [-0.39, 0.29) is 0 Å². The summed E-state index contributed by atoms with van der Waals surface area (Å²) in [6.45, 7) is 1.85. The number of aryl methyl sites for hydroxylation is 1. The van der Waals surface area contributed by atoms with Gasteiger partial charge in [-0.2, -0.15) is 0 Å². The highest BCUT2D eigenvalue weighted by Crippen LogP contribution is 2.46. The summed E-state index contributed by atoms with van der Waals surface area (Å²) < 4.78 is 0. The van der Waals surface area contributed by atoms with Gasteiger partial charge in [-0.3, -0.25) is 14.4 Å². The molecule has 106 valence electrons. The Morgan fingerprint density at radius 3 is 2.25 bits per heavy atom. The van der Waals surface area contributed by atoms with Crippen molar-refractivity contribution in [2.75, 3.05) is 11.9 Å². The van der Waals surface area contributed by atoms with E-state index in [0.29, 0.717) is 11.3 Å². The Balaban J connectivity index is 2.65. The van der Waals surface area contributed by atoms with Crippen molar-refractivity contribution in [3.8, 4) is 0 Å². The molecule has 0 spiro atoms. The highest BCUT2D eigenvalue weighted by Gasteiger charge is 2.52. The third-order valence-corrected chi connectivity index (χ3v) is 3.65. The third kappa shape index (κ3) is 2.03. The van der Waals surface area contributed by atoms with Crippen LogP contribution in [0, 0.1) is 6.92 Å². The number of hydrogen-bond donors (Lipinski definition) is 2. The van der Waals surface area contributed by atoms with E-state index in [4.69, 9.17) is 10.2 Å². The van der Waals surface area contributed by atoms with Crippen LogP contribution in [0.25, 0.3) is 0 Å². The first kappa shape index (κ1) is 14.0. The molecule has 0 radical (unpaired) electrons. The molecule has 1 amide bonds. The topological polar surface area (TPSA) is 94.9 Å². The second kappa shape index (κ2) is 4.63. The number of amides is 1. The molecule has 2 rings (SSSR count). The maximum Gasteiger partial charge on any atom is 0.304 e. The molecule has 1 heterocycles. The number of likely N-dealkylation sites (N-methyl/N-ethyl adjacent to an activating group) is 1. The van der Waals surface area contributed by atoms with Gasteiger partial charge in [0.05, 0.1) is 18.3 Å². The number of fused-ring (bicyclic) bond motifs is 1. The van der Waals surface area contributed by atoms with Crippen molar-refractivity contribution in [2.45, 2.75) is 25.2 Å². The third-order valence-electron chi connectivity index (χ3n) is 3.65. The van der Waals surface area contributed by atoms with Gasteiger partial charge in [-0.25, -0.2) is 0 Å². The number of aliphatic carboxylic acids is 2. The van der Waals surface area contributed by atoms with Crippen molar-refractivity contribution in [1.82, 2.24) is 0 Å². The molecule has 6 nitrogen and oxygen atoms in total. The van der Waals surface area contributed by atoms with Gasteiger partial charge in [-0.15, -0.1) is 0 Å². The van der Waals surface area contributed by atoms with Crippen molar-refractivity contribution >= 4 is 23.5 Å². The Labute approximate surface area is 115 Å². The van der Waals surface area contributed by atoms with Gasteiger partial charge in [0.25, 0.3) is 0 Å². The predicted molar refractivity (Wildman–Crippen MR) is 70.8 cm³/mol. The minimum Gasteiger partial charge on any atom is -0.481 e. The van der Waals surface area contributed by atoms with Gasteiger partial charge in [0.1, 0.15) is 0 Å². The Kier molecular flexibility index (Phi) is 3.25. The number of nitrogens with zero attached hydrogens (tertiary/aromatic N) is 1. The summed E-state index contributed by atoms with van der Waals surface area (Å²) in [4.78, 5) is 36.0. The molecule has 1 aliphatic heterocycles. The van der Waals surface area contributed by atoms with Crippen molar-refractivity contribution < 1.29 is 24.6 Å². The average molecular weight is 277 g/mol. The monoisotopic (exact) mass is 277 g/mol. The van der Waals surface area contributed by atoms with Gasteiger partial charge in [0, 0.05) is 12.7 Å². The lowest BCUT2D eigenvalue weighted by Crippen LogP contribution is -2.42. The fraction of sp³-hybridized carbons (Fsp3) is 0.357. The van der Waals surface area contributed by atoms with Gasteiger partial charge in [-0.1, -0.05) is 12.1 Å². The Morgan fingerprint density at radius 1 is 1.20 bits per heavy atom. The van der Waals surface area contributed by atoms with Crippen LogP contribution in [0.5, 0.6) is 0 Å². The number of carbonyl (C=O) groups is 3. The molecule has 0 atom stereocenters. The molecule has 0 unspecified atom stereocenters. The number of carboxylic acids is 2. The van der Waals surface area contributed by atoms with Crippen molar-refractivity contribution in [1.29, 1.82) is 0 Å². The average Bonchev–Trinajstić information content (AvgIpc) is 2.51. The van der Waals surface area contributed by atoms with Crippen LogP contribution < -0.4 is 4.90 Å². The van der Waals surface area contributed by atoms with Crippen LogP contribution in [0.3, 0.4) is 0 Å². The molecule has 1 aromatic carbocycles. The normalized spacial score (nSPS) is 16.1. The summed E-state index contributed by atoms with van der Waals surface area (Å²) in [5, 5.41) is 18.1. The number of hydrogen-bond acceptors (Lipinski definition) is 3. The van der Waals surface area contributed by atoms with Crippen LogP contribution in [0.2, 0.25) is 0 Å². The number of carbonyl (C=O) groups excluding carboxylic acids is 1. The van der Waals surface area contributed by atoms with Gasteiger partial charge in [-0.05, 0) is 24.1 Å². The number of carboxylic acid groups (broad SMARTS) is 2. The quantitative estimate of drug-likeness (QED) is 0.861. The van der Waals surface area contributed by atoms with E-state index in [1.165, 1.54) is 11.9 Å². The molecule has 0 aliphatic carbocycles. The highest BCUT2D eigenvalue weighted by atomic mass is 16.4. The molecule has 1 aliphatic rings. The number of benzene rings is 1. The summed E-state index contributed by atoms with van der Waals surface area (Å²) >= 11 is 0. The van der Waals surface area contributed by atoms with Gasteiger partial charge in [0.2, 0.25) is 5.91 Å². The lowest BCUT2D eigenvalue weighted by atomic mass is 9.75. The maximum absolute atomic E-state index is 12.5. The van der Waals surface area contributed by atoms with Crippen LogP contribution >= 0.6 is 0 Å². The van der Waals surface area contributed by atoms with Gasteiger partial charge in [0.15, 0.2) is 0 Å².